The average molecular weight is 255 g/mol. The molecule has 2 nitrogen and oxygen atoms in total. The van der Waals surface area contributed by atoms with E-state index in [1.54, 1.807) is 11.7 Å². The molecule has 84 valence electrons. The Kier molecular flexibility index (Phi) is 3.52. The molecule has 0 saturated heterocycles. The van der Waals surface area contributed by atoms with E-state index in [0.717, 1.165) is 18.4 Å². The second-order valence-electron chi connectivity index (χ2n) is 3.67. The quantitative estimate of drug-likeness (QED) is 0.820. The zero-order valence-corrected chi connectivity index (χ0v) is 10.5. The summed E-state index contributed by atoms with van der Waals surface area (Å²) in [5.41, 5.74) is 2.20. The molecule has 0 aliphatic heterocycles. The lowest BCUT2D eigenvalue weighted by atomic mass is 10.1. The van der Waals surface area contributed by atoms with Gasteiger partial charge in [-0.05, 0) is 18.4 Å². The topological polar surface area (TPSA) is 17.8 Å². The van der Waals surface area contributed by atoms with Crippen LogP contribution in [0.2, 0.25) is 10.3 Å². The van der Waals surface area contributed by atoms with E-state index in [-0.39, 0.29) is 0 Å². The molecule has 0 saturated carbocycles. The van der Waals surface area contributed by atoms with E-state index in [9.17, 15) is 0 Å². The van der Waals surface area contributed by atoms with Crippen LogP contribution in [-0.4, -0.2) is 9.78 Å². The van der Waals surface area contributed by atoms with E-state index < -0.39 is 0 Å². The maximum absolute atomic E-state index is 6.10. The summed E-state index contributed by atoms with van der Waals surface area (Å²) in [6.07, 6.45) is 1.74. The third kappa shape index (κ3) is 2.39. The lowest BCUT2D eigenvalue weighted by Crippen LogP contribution is -1.92. The molecule has 0 N–H and O–H groups in total. The van der Waals surface area contributed by atoms with Gasteiger partial charge in [-0.25, -0.2) is 0 Å². The summed E-state index contributed by atoms with van der Waals surface area (Å²) in [7, 11) is 1.79. The number of halogens is 2. The van der Waals surface area contributed by atoms with E-state index in [1.165, 1.54) is 5.56 Å². The lowest BCUT2D eigenvalue weighted by Gasteiger charge is -2.00. The molecule has 1 aromatic carbocycles. The molecular formula is C12H12Cl2N2. The minimum absolute atomic E-state index is 0.503. The largest absolute Gasteiger partial charge is 0.255 e. The van der Waals surface area contributed by atoms with Gasteiger partial charge in [0.1, 0.15) is 5.15 Å². The Morgan fingerprint density at radius 1 is 1.12 bits per heavy atom. The number of aryl methyl sites for hydroxylation is 2. The first-order valence-electron chi connectivity index (χ1n) is 5.09. The van der Waals surface area contributed by atoms with Crippen LogP contribution in [0.15, 0.2) is 30.3 Å². The molecule has 2 aromatic rings. The van der Waals surface area contributed by atoms with Crippen molar-refractivity contribution in [3.63, 3.8) is 0 Å². The molecular weight excluding hydrogens is 243 g/mol. The van der Waals surface area contributed by atoms with Crippen LogP contribution in [0.5, 0.6) is 0 Å². The molecule has 4 heteroatoms. The maximum Gasteiger partial charge on any atom is 0.155 e. The minimum Gasteiger partial charge on any atom is -0.255 e. The fourth-order valence-electron chi connectivity index (χ4n) is 1.64. The van der Waals surface area contributed by atoms with Gasteiger partial charge in [0.15, 0.2) is 5.15 Å². The number of hydrogen-bond acceptors (Lipinski definition) is 1. The second-order valence-corrected chi connectivity index (χ2v) is 4.39. The zero-order chi connectivity index (χ0) is 11.5. The van der Waals surface area contributed by atoms with Crippen LogP contribution in [0.3, 0.4) is 0 Å². The zero-order valence-electron chi connectivity index (χ0n) is 8.95. The Balaban J connectivity index is 2.11. The van der Waals surface area contributed by atoms with Gasteiger partial charge in [0.2, 0.25) is 0 Å². The third-order valence-corrected chi connectivity index (χ3v) is 3.30. The van der Waals surface area contributed by atoms with Crippen molar-refractivity contribution >= 4 is 23.2 Å². The Morgan fingerprint density at radius 3 is 2.38 bits per heavy atom. The molecule has 0 aliphatic rings. The average Bonchev–Trinajstić information content (AvgIpc) is 2.53. The van der Waals surface area contributed by atoms with Gasteiger partial charge in [0.25, 0.3) is 0 Å². The summed E-state index contributed by atoms with van der Waals surface area (Å²) < 4.78 is 1.60. The second kappa shape index (κ2) is 4.89. The van der Waals surface area contributed by atoms with E-state index in [0.29, 0.717) is 10.3 Å². The molecule has 16 heavy (non-hydrogen) atoms. The highest BCUT2D eigenvalue weighted by molar-refractivity contribution is 6.34. The van der Waals surface area contributed by atoms with Crippen molar-refractivity contribution in [2.24, 2.45) is 7.05 Å². The van der Waals surface area contributed by atoms with E-state index in [2.05, 4.69) is 17.2 Å². The van der Waals surface area contributed by atoms with Gasteiger partial charge in [0, 0.05) is 12.6 Å². The van der Waals surface area contributed by atoms with Crippen molar-refractivity contribution < 1.29 is 0 Å². The van der Waals surface area contributed by atoms with Crippen molar-refractivity contribution in [3.8, 4) is 0 Å². The molecule has 0 unspecified atom stereocenters. The Bertz CT molecular complexity index is 477. The predicted molar refractivity (Wildman–Crippen MR) is 67.1 cm³/mol. The fourth-order valence-corrected chi connectivity index (χ4v) is 2.20. The highest BCUT2D eigenvalue weighted by Gasteiger charge is 2.12. The first kappa shape index (κ1) is 11.5. The van der Waals surface area contributed by atoms with E-state index in [4.69, 9.17) is 23.2 Å². The van der Waals surface area contributed by atoms with Crippen LogP contribution in [0.4, 0.5) is 0 Å². The SMILES string of the molecule is Cn1nc(Cl)c(CCc2ccccc2)c1Cl. The van der Waals surface area contributed by atoms with Crippen LogP contribution in [-0.2, 0) is 19.9 Å². The first-order chi connectivity index (χ1) is 7.68. The standard InChI is InChI=1S/C12H12Cl2N2/c1-16-12(14)10(11(13)15-16)8-7-9-5-3-2-4-6-9/h2-6H,7-8H2,1H3. The molecule has 0 spiro atoms. The molecule has 0 atom stereocenters. The summed E-state index contributed by atoms with van der Waals surface area (Å²) in [5.74, 6) is 0. The fraction of sp³-hybridized carbons (Fsp3) is 0.250. The van der Waals surface area contributed by atoms with Crippen molar-refractivity contribution in [1.29, 1.82) is 0 Å². The Hall–Kier alpha value is -0.990. The molecule has 1 aromatic heterocycles. The summed E-state index contributed by atoms with van der Waals surface area (Å²) in [6.45, 7) is 0. The monoisotopic (exact) mass is 254 g/mol. The van der Waals surface area contributed by atoms with Gasteiger partial charge in [-0.2, -0.15) is 5.10 Å². The summed E-state index contributed by atoms with van der Waals surface area (Å²) in [5, 5.41) is 5.20. The van der Waals surface area contributed by atoms with Crippen LogP contribution in [0, 0.1) is 0 Å². The lowest BCUT2D eigenvalue weighted by molar-refractivity contribution is 0.768. The normalized spacial score (nSPS) is 10.7. The number of rotatable bonds is 3. The Morgan fingerprint density at radius 2 is 1.81 bits per heavy atom. The number of nitrogens with zero attached hydrogens (tertiary/aromatic N) is 2. The molecule has 2 rings (SSSR count). The van der Waals surface area contributed by atoms with Gasteiger partial charge in [-0.1, -0.05) is 53.5 Å². The molecule has 0 aliphatic carbocycles. The first-order valence-corrected chi connectivity index (χ1v) is 5.85. The van der Waals surface area contributed by atoms with Gasteiger partial charge < -0.3 is 0 Å². The molecule has 1 heterocycles. The summed E-state index contributed by atoms with van der Waals surface area (Å²) >= 11 is 12.1. The number of benzene rings is 1. The van der Waals surface area contributed by atoms with Crippen LogP contribution in [0.1, 0.15) is 11.1 Å². The molecule has 0 radical (unpaired) electrons. The van der Waals surface area contributed by atoms with Crippen LogP contribution in [0.25, 0.3) is 0 Å². The van der Waals surface area contributed by atoms with Crippen LogP contribution < -0.4 is 0 Å². The summed E-state index contributed by atoms with van der Waals surface area (Å²) in [4.78, 5) is 0. The predicted octanol–water partition coefficient (Wildman–Crippen LogP) is 3.51. The summed E-state index contributed by atoms with van der Waals surface area (Å²) in [6, 6.07) is 10.3. The van der Waals surface area contributed by atoms with E-state index >= 15 is 0 Å². The molecule has 0 amide bonds. The van der Waals surface area contributed by atoms with Crippen molar-refractivity contribution in [2.45, 2.75) is 12.8 Å². The van der Waals surface area contributed by atoms with Gasteiger partial charge >= 0.3 is 0 Å². The van der Waals surface area contributed by atoms with Crippen molar-refractivity contribution in [2.75, 3.05) is 0 Å². The minimum atomic E-state index is 0.503. The Labute approximate surface area is 105 Å². The van der Waals surface area contributed by atoms with E-state index in [1.807, 2.05) is 18.2 Å². The molecule has 0 fully saturated rings. The highest BCUT2D eigenvalue weighted by atomic mass is 35.5. The van der Waals surface area contributed by atoms with Gasteiger partial charge in [-0.3, -0.25) is 4.68 Å². The third-order valence-electron chi connectivity index (χ3n) is 2.53. The van der Waals surface area contributed by atoms with Crippen molar-refractivity contribution in [1.82, 2.24) is 9.78 Å². The van der Waals surface area contributed by atoms with Gasteiger partial charge in [0.05, 0.1) is 0 Å². The van der Waals surface area contributed by atoms with Gasteiger partial charge in [-0.15, -0.1) is 0 Å². The number of aromatic nitrogens is 2. The maximum atomic E-state index is 6.10. The number of hydrogen-bond donors (Lipinski definition) is 0. The van der Waals surface area contributed by atoms with Crippen LogP contribution >= 0.6 is 23.2 Å². The van der Waals surface area contributed by atoms with Crippen molar-refractivity contribution in [3.05, 3.63) is 51.8 Å². The molecule has 0 bridgehead atoms. The smallest absolute Gasteiger partial charge is 0.155 e. The highest BCUT2D eigenvalue weighted by Crippen LogP contribution is 2.24.